The van der Waals surface area contributed by atoms with Gasteiger partial charge in [0.15, 0.2) is 0 Å². The van der Waals surface area contributed by atoms with Gasteiger partial charge in [0.2, 0.25) is 6.79 Å². The van der Waals surface area contributed by atoms with E-state index in [1.807, 2.05) is 12.1 Å². The minimum atomic E-state index is -0.631. The maximum atomic E-state index is 12.9. The summed E-state index contributed by atoms with van der Waals surface area (Å²) in [4.78, 5) is 36.8. The second-order valence-corrected chi connectivity index (χ2v) is 10.7. The third-order valence-corrected chi connectivity index (χ3v) is 6.56. The number of hydrogen-bond acceptors (Lipinski definition) is 10. The minimum Gasteiger partial charge on any atom is -0.494 e. The first-order valence-corrected chi connectivity index (χ1v) is 15.9. The predicted molar refractivity (Wildman–Crippen MR) is 176 cm³/mol. The SMILES string of the molecule is C=CC(=O)OCCCCOc1ccc(C(=O)Oc2ccc(OCOc3ccc(OCCCCCC)cc3)c(C(=O)OC(C)C)c2)cc1. The molecule has 47 heavy (non-hydrogen) atoms. The van der Waals surface area contributed by atoms with Gasteiger partial charge in [0.05, 0.1) is 31.5 Å². The Labute approximate surface area is 276 Å². The van der Waals surface area contributed by atoms with Gasteiger partial charge in [-0.3, -0.25) is 0 Å². The van der Waals surface area contributed by atoms with Crippen molar-refractivity contribution in [3.63, 3.8) is 0 Å². The summed E-state index contributed by atoms with van der Waals surface area (Å²) in [5, 5.41) is 0. The highest BCUT2D eigenvalue weighted by Gasteiger charge is 2.19. The molecule has 10 nitrogen and oxygen atoms in total. The Balaban J connectivity index is 1.53. The van der Waals surface area contributed by atoms with Gasteiger partial charge in [-0.2, -0.15) is 0 Å². The molecule has 252 valence electrons. The van der Waals surface area contributed by atoms with Gasteiger partial charge in [0, 0.05) is 6.08 Å². The average molecular weight is 649 g/mol. The maximum absolute atomic E-state index is 12.9. The summed E-state index contributed by atoms with van der Waals surface area (Å²) < 4.78 is 38.8. The fourth-order valence-corrected chi connectivity index (χ4v) is 4.13. The first-order valence-electron chi connectivity index (χ1n) is 15.9. The van der Waals surface area contributed by atoms with Crippen LogP contribution in [0, 0.1) is 0 Å². The van der Waals surface area contributed by atoms with E-state index < -0.39 is 17.9 Å². The molecule has 0 saturated heterocycles. The molecule has 0 aliphatic carbocycles. The molecule has 0 atom stereocenters. The van der Waals surface area contributed by atoms with E-state index >= 15 is 0 Å². The van der Waals surface area contributed by atoms with Crippen molar-refractivity contribution in [1.82, 2.24) is 0 Å². The topological polar surface area (TPSA) is 116 Å². The molecule has 0 aromatic heterocycles. The van der Waals surface area contributed by atoms with E-state index in [0.717, 1.165) is 24.7 Å². The van der Waals surface area contributed by atoms with Crippen molar-refractivity contribution in [2.24, 2.45) is 0 Å². The number of carbonyl (C=O) groups is 3. The lowest BCUT2D eigenvalue weighted by Crippen LogP contribution is -2.15. The third kappa shape index (κ3) is 13.5. The zero-order valence-electron chi connectivity index (χ0n) is 27.4. The first kappa shape index (κ1) is 36.5. The van der Waals surface area contributed by atoms with Crippen molar-refractivity contribution in [3.05, 3.63) is 90.5 Å². The van der Waals surface area contributed by atoms with Crippen LogP contribution in [0.5, 0.6) is 28.7 Å². The molecule has 0 radical (unpaired) electrons. The van der Waals surface area contributed by atoms with Crippen molar-refractivity contribution >= 4 is 17.9 Å². The minimum absolute atomic E-state index is 0.0856. The van der Waals surface area contributed by atoms with Crippen molar-refractivity contribution in [2.75, 3.05) is 26.6 Å². The van der Waals surface area contributed by atoms with E-state index in [9.17, 15) is 14.4 Å². The van der Waals surface area contributed by atoms with E-state index in [1.165, 1.54) is 31.0 Å². The number of carbonyl (C=O) groups excluding carboxylic acids is 3. The maximum Gasteiger partial charge on any atom is 0.343 e. The molecule has 3 rings (SSSR count). The number of benzene rings is 3. The summed E-state index contributed by atoms with van der Waals surface area (Å²) in [6, 6.07) is 18.2. The highest BCUT2D eigenvalue weighted by Crippen LogP contribution is 2.27. The van der Waals surface area contributed by atoms with E-state index in [2.05, 4.69) is 13.5 Å². The summed E-state index contributed by atoms with van der Waals surface area (Å²) in [5.74, 6) is 0.566. The highest BCUT2D eigenvalue weighted by molar-refractivity contribution is 5.94. The summed E-state index contributed by atoms with van der Waals surface area (Å²) in [5.41, 5.74) is 0.379. The van der Waals surface area contributed by atoms with Gasteiger partial charge in [0.1, 0.15) is 34.3 Å². The van der Waals surface area contributed by atoms with E-state index in [-0.39, 0.29) is 30.0 Å². The van der Waals surface area contributed by atoms with Crippen molar-refractivity contribution in [3.8, 4) is 28.7 Å². The van der Waals surface area contributed by atoms with Gasteiger partial charge in [-0.15, -0.1) is 0 Å². The van der Waals surface area contributed by atoms with Gasteiger partial charge in [-0.25, -0.2) is 14.4 Å². The lowest BCUT2D eigenvalue weighted by molar-refractivity contribution is -0.137. The third-order valence-electron chi connectivity index (χ3n) is 6.56. The Bertz CT molecular complexity index is 1410. The quantitative estimate of drug-likeness (QED) is 0.0373. The Morgan fingerprint density at radius 1 is 0.681 bits per heavy atom. The largest absolute Gasteiger partial charge is 0.494 e. The standard InChI is InChI=1S/C37H44O10/c1-5-7-8-9-22-41-30-16-18-31(19-17-30)44-26-45-34-21-20-32(25-33(34)37(40)46-27(3)4)47-36(39)28-12-14-29(15-13-28)42-23-10-11-24-43-35(38)6-2/h6,12-21,25,27H,2,5,7-11,22-24,26H2,1,3-4H3. The summed E-state index contributed by atoms with van der Waals surface area (Å²) >= 11 is 0. The summed E-state index contributed by atoms with van der Waals surface area (Å²) in [7, 11) is 0. The monoisotopic (exact) mass is 648 g/mol. The summed E-state index contributed by atoms with van der Waals surface area (Å²) in [6.45, 7) is 10.2. The van der Waals surface area contributed by atoms with Gasteiger partial charge in [0.25, 0.3) is 0 Å². The zero-order valence-corrected chi connectivity index (χ0v) is 27.4. The molecular formula is C37H44O10. The van der Waals surface area contributed by atoms with Crippen molar-refractivity contribution in [2.45, 2.75) is 65.4 Å². The highest BCUT2D eigenvalue weighted by atomic mass is 16.7. The average Bonchev–Trinajstić information content (AvgIpc) is 3.07. The number of rotatable bonds is 21. The molecule has 0 saturated carbocycles. The second-order valence-electron chi connectivity index (χ2n) is 10.7. The van der Waals surface area contributed by atoms with Gasteiger partial charge < -0.3 is 33.2 Å². The number of unbranched alkanes of at least 4 members (excludes halogenated alkanes) is 4. The van der Waals surface area contributed by atoms with Crippen LogP contribution in [0.4, 0.5) is 0 Å². The lowest BCUT2D eigenvalue weighted by atomic mass is 10.2. The van der Waals surface area contributed by atoms with Crippen LogP contribution >= 0.6 is 0 Å². The van der Waals surface area contributed by atoms with Gasteiger partial charge in [-0.05, 0) is 99.8 Å². The normalized spacial score (nSPS) is 10.6. The van der Waals surface area contributed by atoms with Crippen LogP contribution in [0.1, 0.15) is 80.0 Å². The molecule has 0 amide bonds. The number of hydrogen-bond donors (Lipinski definition) is 0. The molecule has 3 aromatic rings. The van der Waals surface area contributed by atoms with Crippen LogP contribution in [-0.4, -0.2) is 50.6 Å². The molecule has 10 heteroatoms. The lowest BCUT2D eigenvalue weighted by Gasteiger charge is -2.15. The molecule has 0 aliphatic heterocycles. The number of esters is 3. The molecule has 3 aromatic carbocycles. The smallest absolute Gasteiger partial charge is 0.343 e. The molecule has 0 unspecified atom stereocenters. The van der Waals surface area contributed by atoms with Crippen molar-refractivity contribution < 1.29 is 47.5 Å². The van der Waals surface area contributed by atoms with Crippen LogP contribution in [0.2, 0.25) is 0 Å². The zero-order chi connectivity index (χ0) is 33.9. The van der Waals surface area contributed by atoms with E-state index in [4.69, 9.17) is 33.2 Å². The van der Waals surface area contributed by atoms with Gasteiger partial charge in [-0.1, -0.05) is 32.8 Å². The molecular weight excluding hydrogens is 604 g/mol. The van der Waals surface area contributed by atoms with Crippen LogP contribution in [0.3, 0.4) is 0 Å². The molecule has 0 heterocycles. The van der Waals surface area contributed by atoms with Crippen LogP contribution in [0.25, 0.3) is 0 Å². The van der Waals surface area contributed by atoms with Crippen LogP contribution in [0.15, 0.2) is 79.4 Å². The van der Waals surface area contributed by atoms with Crippen LogP contribution < -0.4 is 23.7 Å². The Kier molecular flexibility index (Phi) is 15.7. The molecule has 0 fully saturated rings. The van der Waals surface area contributed by atoms with Crippen LogP contribution in [-0.2, 0) is 14.3 Å². The van der Waals surface area contributed by atoms with E-state index in [1.54, 1.807) is 50.2 Å². The molecule has 0 aliphatic rings. The predicted octanol–water partition coefficient (Wildman–Crippen LogP) is 7.73. The molecule has 0 spiro atoms. The number of ether oxygens (including phenoxy) is 7. The Hall–Kier alpha value is -4.99. The Morgan fingerprint density at radius 3 is 1.87 bits per heavy atom. The fraction of sp³-hybridized carbons (Fsp3) is 0.378. The van der Waals surface area contributed by atoms with Crippen molar-refractivity contribution in [1.29, 1.82) is 0 Å². The second kappa shape index (κ2) is 20.2. The molecule has 0 N–H and O–H groups in total. The fourth-order valence-electron chi connectivity index (χ4n) is 4.13. The molecule has 0 bridgehead atoms. The summed E-state index contributed by atoms with van der Waals surface area (Å²) in [6.07, 6.45) is 6.63. The van der Waals surface area contributed by atoms with E-state index in [0.29, 0.717) is 49.7 Å². The van der Waals surface area contributed by atoms with Gasteiger partial charge >= 0.3 is 17.9 Å². The Morgan fingerprint density at radius 2 is 1.26 bits per heavy atom. The first-order chi connectivity index (χ1) is 22.8.